The van der Waals surface area contributed by atoms with Gasteiger partial charge in [0, 0.05) is 24.0 Å². The maximum absolute atomic E-state index is 8.75. The van der Waals surface area contributed by atoms with Gasteiger partial charge in [0.1, 0.15) is 0 Å². The van der Waals surface area contributed by atoms with Crippen molar-refractivity contribution in [3.05, 3.63) is 40.2 Å². The summed E-state index contributed by atoms with van der Waals surface area (Å²) in [5, 5.41) is 11.9. The minimum absolute atomic E-state index is 0.672. The Labute approximate surface area is 111 Å². The molecule has 0 aliphatic rings. The van der Waals surface area contributed by atoms with E-state index in [4.69, 9.17) is 10.00 Å². The summed E-state index contributed by atoms with van der Waals surface area (Å²) in [6.45, 7) is 3.45. The van der Waals surface area contributed by atoms with Gasteiger partial charge in [0.05, 0.1) is 28.9 Å². The number of nitriles is 1. The highest BCUT2D eigenvalue weighted by molar-refractivity contribution is 7.09. The molecule has 0 saturated carbocycles. The van der Waals surface area contributed by atoms with E-state index in [1.807, 2.05) is 36.6 Å². The van der Waals surface area contributed by atoms with Crippen molar-refractivity contribution < 1.29 is 4.74 Å². The van der Waals surface area contributed by atoms with E-state index in [2.05, 4.69) is 11.1 Å². The minimum atomic E-state index is 0.672. The molecule has 0 bridgehead atoms. The molecule has 0 atom stereocenters. The highest BCUT2D eigenvalue weighted by Gasteiger charge is 2.04. The van der Waals surface area contributed by atoms with E-state index >= 15 is 0 Å². The van der Waals surface area contributed by atoms with E-state index in [0.717, 1.165) is 35.9 Å². The van der Waals surface area contributed by atoms with Gasteiger partial charge in [0.2, 0.25) is 0 Å². The molecular formula is C14H14N2OS. The standard InChI is InChI=1S/C14H14N2OS/c1-2-17-8-7-14-16-13(10-18-14)12-5-3-11(9-15)4-6-12/h3-6,10H,2,7-8H2,1H3. The molecule has 92 valence electrons. The van der Waals surface area contributed by atoms with Crippen LogP contribution in [0, 0.1) is 11.3 Å². The smallest absolute Gasteiger partial charge is 0.0991 e. The molecule has 18 heavy (non-hydrogen) atoms. The Balaban J connectivity index is 2.06. The number of hydrogen-bond acceptors (Lipinski definition) is 4. The first-order valence-electron chi connectivity index (χ1n) is 5.86. The lowest BCUT2D eigenvalue weighted by Crippen LogP contribution is -1.97. The molecular weight excluding hydrogens is 244 g/mol. The topological polar surface area (TPSA) is 45.9 Å². The molecule has 4 heteroatoms. The molecule has 2 aromatic rings. The van der Waals surface area contributed by atoms with Crippen molar-refractivity contribution >= 4 is 11.3 Å². The van der Waals surface area contributed by atoms with Crippen molar-refractivity contribution in [2.24, 2.45) is 0 Å². The van der Waals surface area contributed by atoms with Gasteiger partial charge in [-0.1, -0.05) is 12.1 Å². The van der Waals surface area contributed by atoms with Gasteiger partial charge in [0.25, 0.3) is 0 Å². The molecule has 2 rings (SSSR count). The molecule has 0 amide bonds. The van der Waals surface area contributed by atoms with Crippen LogP contribution in [-0.2, 0) is 11.2 Å². The lowest BCUT2D eigenvalue weighted by atomic mass is 10.1. The Kier molecular flexibility index (Phi) is 4.46. The summed E-state index contributed by atoms with van der Waals surface area (Å²) in [6, 6.07) is 9.60. The average Bonchev–Trinajstić information content (AvgIpc) is 2.88. The number of rotatable bonds is 5. The van der Waals surface area contributed by atoms with E-state index in [0.29, 0.717) is 5.56 Å². The normalized spacial score (nSPS) is 10.2. The number of hydrogen-bond donors (Lipinski definition) is 0. The molecule has 0 N–H and O–H groups in total. The zero-order valence-electron chi connectivity index (χ0n) is 10.2. The Morgan fingerprint density at radius 3 is 2.78 bits per heavy atom. The summed E-state index contributed by atoms with van der Waals surface area (Å²) >= 11 is 1.65. The summed E-state index contributed by atoms with van der Waals surface area (Å²) < 4.78 is 5.31. The van der Waals surface area contributed by atoms with Crippen molar-refractivity contribution in [2.75, 3.05) is 13.2 Å². The molecule has 1 aromatic heterocycles. The summed E-state index contributed by atoms with van der Waals surface area (Å²) in [4.78, 5) is 4.56. The van der Waals surface area contributed by atoms with Crippen LogP contribution < -0.4 is 0 Å². The van der Waals surface area contributed by atoms with Crippen LogP contribution in [0.25, 0.3) is 11.3 Å². The van der Waals surface area contributed by atoms with Crippen molar-refractivity contribution in [2.45, 2.75) is 13.3 Å². The first kappa shape index (κ1) is 12.7. The molecule has 0 aliphatic heterocycles. The SMILES string of the molecule is CCOCCc1nc(-c2ccc(C#N)cc2)cs1. The van der Waals surface area contributed by atoms with Crippen molar-refractivity contribution in [1.82, 2.24) is 4.98 Å². The van der Waals surface area contributed by atoms with Crippen LogP contribution in [0.1, 0.15) is 17.5 Å². The molecule has 0 fully saturated rings. The quantitative estimate of drug-likeness (QED) is 0.773. The third-order valence-electron chi connectivity index (χ3n) is 2.53. The second-order valence-electron chi connectivity index (χ2n) is 3.76. The second-order valence-corrected chi connectivity index (χ2v) is 4.71. The Hall–Kier alpha value is -1.70. The molecule has 0 saturated heterocycles. The van der Waals surface area contributed by atoms with Crippen LogP contribution in [-0.4, -0.2) is 18.2 Å². The number of ether oxygens (including phenoxy) is 1. The van der Waals surface area contributed by atoms with Crippen LogP contribution in [0.15, 0.2) is 29.6 Å². The van der Waals surface area contributed by atoms with Crippen molar-refractivity contribution in [3.63, 3.8) is 0 Å². The first-order chi connectivity index (χ1) is 8.83. The number of aromatic nitrogens is 1. The molecule has 0 spiro atoms. The third-order valence-corrected chi connectivity index (χ3v) is 3.43. The summed E-state index contributed by atoms with van der Waals surface area (Å²) in [5.41, 5.74) is 2.69. The predicted octanol–water partition coefficient (Wildman–Crippen LogP) is 3.26. The van der Waals surface area contributed by atoms with Crippen LogP contribution in [0.5, 0.6) is 0 Å². The Bertz CT molecular complexity index is 540. The predicted molar refractivity (Wildman–Crippen MR) is 72.5 cm³/mol. The van der Waals surface area contributed by atoms with Crippen LogP contribution in [0.4, 0.5) is 0 Å². The number of nitrogens with zero attached hydrogens (tertiary/aromatic N) is 2. The van der Waals surface area contributed by atoms with Gasteiger partial charge in [-0.3, -0.25) is 0 Å². The summed E-state index contributed by atoms with van der Waals surface area (Å²) in [5.74, 6) is 0. The van der Waals surface area contributed by atoms with Gasteiger partial charge in [-0.2, -0.15) is 5.26 Å². The van der Waals surface area contributed by atoms with Crippen molar-refractivity contribution in [1.29, 1.82) is 5.26 Å². The molecule has 0 radical (unpaired) electrons. The zero-order chi connectivity index (χ0) is 12.8. The summed E-state index contributed by atoms with van der Waals surface area (Å²) in [7, 11) is 0. The fraction of sp³-hybridized carbons (Fsp3) is 0.286. The lowest BCUT2D eigenvalue weighted by molar-refractivity contribution is 0.151. The van der Waals surface area contributed by atoms with Crippen LogP contribution in [0.2, 0.25) is 0 Å². The molecule has 1 aromatic carbocycles. The van der Waals surface area contributed by atoms with Crippen LogP contribution in [0.3, 0.4) is 0 Å². The Morgan fingerprint density at radius 2 is 2.11 bits per heavy atom. The number of thiazole rings is 1. The third kappa shape index (κ3) is 3.16. The van der Waals surface area contributed by atoms with Gasteiger partial charge in [0.15, 0.2) is 0 Å². The molecule has 0 aliphatic carbocycles. The fourth-order valence-electron chi connectivity index (χ4n) is 1.58. The van der Waals surface area contributed by atoms with E-state index in [9.17, 15) is 0 Å². The maximum atomic E-state index is 8.75. The van der Waals surface area contributed by atoms with Gasteiger partial charge >= 0.3 is 0 Å². The summed E-state index contributed by atoms with van der Waals surface area (Å²) in [6.07, 6.45) is 0.856. The van der Waals surface area contributed by atoms with Crippen molar-refractivity contribution in [3.8, 4) is 17.3 Å². The fourth-order valence-corrected chi connectivity index (χ4v) is 2.37. The molecule has 3 nitrogen and oxygen atoms in total. The molecule has 1 heterocycles. The number of benzene rings is 1. The zero-order valence-corrected chi connectivity index (χ0v) is 11.0. The minimum Gasteiger partial charge on any atom is -0.381 e. The lowest BCUT2D eigenvalue weighted by Gasteiger charge is -1.98. The largest absolute Gasteiger partial charge is 0.381 e. The van der Waals surface area contributed by atoms with E-state index in [-0.39, 0.29) is 0 Å². The van der Waals surface area contributed by atoms with E-state index in [1.54, 1.807) is 11.3 Å². The maximum Gasteiger partial charge on any atom is 0.0991 e. The monoisotopic (exact) mass is 258 g/mol. The van der Waals surface area contributed by atoms with Gasteiger partial charge in [-0.15, -0.1) is 11.3 Å². The highest BCUT2D eigenvalue weighted by atomic mass is 32.1. The molecule has 0 unspecified atom stereocenters. The van der Waals surface area contributed by atoms with Gasteiger partial charge in [-0.25, -0.2) is 4.98 Å². The van der Waals surface area contributed by atoms with E-state index in [1.165, 1.54) is 0 Å². The second kappa shape index (κ2) is 6.29. The van der Waals surface area contributed by atoms with Gasteiger partial charge in [-0.05, 0) is 19.1 Å². The van der Waals surface area contributed by atoms with Gasteiger partial charge < -0.3 is 4.74 Å². The van der Waals surface area contributed by atoms with Crippen LogP contribution >= 0.6 is 11.3 Å². The highest BCUT2D eigenvalue weighted by Crippen LogP contribution is 2.22. The Morgan fingerprint density at radius 1 is 1.33 bits per heavy atom. The first-order valence-corrected chi connectivity index (χ1v) is 6.74. The average molecular weight is 258 g/mol. The van der Waals surface area contributed by atoms with E-state index < -0.39 is 0 Å².